The lowest BCUT2D eigenvalue weighted by atomic mass is 10.2. The van der Waals surface area contributed by atoms with Crippen molar-refractivity contribution in [3.63, 3.8) is 0 Å². The average molecular weight is 263 g/mol. The normalized spacial score (nSPS) is 19.4. The molecule has 0 spiro atoms. The minimum Gasteiger partial charge on any atom is -0.478 e. The second kappa shape index (κ2) is 5.36. The van der Waals surface area contributed by atoms with Crippen molar-refractivity contribution in [2.24, 2.45) is 0 Å². The van der Waals surface area contributed by atoms with E-state index in [-0.39, 0.29) is 23.2 Å². The minimum atomic E-state index is -1.04. The molecule has 1 aromatic heterocycles. The number of aromatic carboxylic acids is 1. The molecule has 1 aliphatic heterocycles. The van der Waals surface area contributed by atoms with E-state index >= 15 is 0 Å². The van der Waals surface area contributed by atoms with Crippen LogP contribution in [0.25, 0.3) is 0 Å². The maximum absolute atomic E-state index is 12.2. The van der Waals surface area contributed by atoms with Gasteiger partial charge in [-0.05, 0) is 32.1 Å². The van der Waals surface area contributed by atoms with Gasteiger partial charge in [0.1, 0.15) is 5.69 Å². The molecule has 102 valence electrons. The Morgan fingerprint density at radius 2 is 2.21 bits per heavy atom. The highest BCUT2D eigenvalue weighted by atomic mass is 16.4. The fourth-order valence-electron chi connectivity index (χ4n) is 2.22. The molecule has 1 unspecified atom stereocenters. The van der Waals surface area contributed by atoms with Crippen molar-refractivity contribution < 1.29 is 14.7 Å². The van der Waals surface area contributed by atoms with Gasteiger partial charge in [-0.1, -0.05) is 0 Å². The summed E-state index contributed by atoms with van der Waals surface area (Å²) >= 11 is 0. The van der Waals surface area contributed by atoms with Crippen molar-refractivity contribution in [1.82, 2.24) is 14.8 Å². The SMILES string of the molecule is CN1CCC(N(C)C(=O)c2ccc(C(=O)O)cn2)C1. The van der Waals surface area contributed by atoms with E-state index in [1.165, 1.54) is 18.3 Å². The van der Waals surface area contributed by atoms with Gasteiger partial charge >= 0.3 is 5.97 Å². The molecule has 0 bridgehead atoms. The molecule has 1 amide bonds. The second-order valence-electron chi connectivity index (χ2n) is 4.86. The van der Waals surface area contributed by atoms with E-state index in [2.05, 4.69) is 9.88 Å². The van der Waals surface area contributed by atoms with Crippen LogP contribution in [0.5, 0.6) is 0 Å². The van der Waals surface area contributed by atoms with Crippen LogP contribution in [-0.4, -0.2) is 65.0 Å². The number of carbonyl (C=O) groups excluding carboxylic acids is 1. The number of likely N-dealkylation sites (tertiary alicyclic amines) is 1. The van der Waals surface area contributed by atoms with Crippen LogP contribution in [0.15, 0.2) is 18.3 Å². The first-order chi connectivity index (χ1) is 8.99. The summed E-state index contributed by atoms with van der Waals surface area (Å²) < 4.78 is 0. The number of carboxylic acids is 1. The van der Waals surface area contributed by atoms with E-state index in [1.54, 1.807) is 11.9 Å². The predicted molar refractivity (Wildman–Crippen MR) is 69.2 cm³/mol. The summed E-state index contributed by atoms with van der Waals surface area (Å²) in [6.45, 7) is 1.84. The average Bonchev–Trinajstić information content (AvgIpc) is 2.84. The molecular formula is C13H17N3O3. The standard InChI is InChI=1S/C13H17N3O3/c1-15-6-5-10(8-15)16(2)12(17)11-4-3-9(7-14-11)13(18)19/h3-4,7,10H,5-6,8H2,1-2H3,(H,18,19). The lowest BCUT2D eigenvalue weighted by Gasteiger charge is -2.24. The van der Waals surface area contributed by atoms with E-state index < -0.39 is 5.97 Å². The van der Waals surface area contributed by atoms with E-state index in [0.29, 0.717) is 0 Å². The van der Waals surface area contributed by atoms with Gasteiger partial charge in [0.15, 0.2) is 0 Å². The van der Waals surface area contributed by atoms with Crippen LogP contribution in [0.3, 0.4) is 0 Å². The third kappa shape index (κ3) is 2.90. The van der Waals surface area contributed by atoms with Crippen LogP contribution in [0.2, 0.25) is 0 Å². The molecule has 1 N–H and O–H groups in total. The Balaban J connectivity index is 2.08. The Hall–Kier alpha value is -1.95. The van der Waals surface area contributed by atoms with Crippen LogP contribution in [0, 0.1) is 0 Å². The van der Waals surface area contributed by atoms with Gasteiger partial charge < -0.3 is 14.9 Å². The number of carboxylic acid groups (broad SMARTS) is 1. The van der Waals surface area contributed by atoms with Gasteiger partial charge in [0.05, 0.1) is 5.56 Å². The number of aromatic nitrogens is 1. The summed E-state index contributed by atoms with van der Waals surface area (Å²) in [4.78, 5) is 30.7. The van der Waals surface area contributed by atoms with Gasteiger partial charge in [0.2, 0.25) is 0 Å². The van der Waals surface area contributed by atoms with Crippen molar-refractivity contribution in [2.75, 3.05) is 27.2 Å². The zero-order chi connectivity index (χ0) is 14.0. The zero-order valence-electron chi connectivity index (χ0n) is 11.0. The molecule has 1 aliphatic rings. The fraction of sp³-hybridized carbons (Fsp3) is 0.462. The second-order valence-corrected chi connectivity index (χ2v) is 4.86. The maximum atomic E-state index is 12.2. The first kappa shape index (κ1) is 13.5. The van der Waals surface area contributed by atoms with Crippen molar-refractivity contribution in [3.05, 3.63) is 29.6 Å². The van der Waals surface area contributed by atoms with Crippen LogP contribution >= 0.6 is 0 Å². The highest BCUT2D eigenvalue weighted by Crippen LogP contribution is 2.14. The number of nitrogens with zero attached hydrogens (tertiary/aromatic N) is 3. The highest BCUT2D eigenvalue weighted by Gasteiger charge is 2.27. The molecule has 0 radical (unpaired) electrons. The van der Waals surface area contributed by atoms with Gasteiger partial charge in [0.25, 0.3) is 5.91 Å². The van der Waals surface area contributed by atoms with E-state index in [1.807, 2.05) is 7.05 Å². The summed E-state index contributed by atoms with van der Waals surface area (Å²) in [5.41, 5.74) is 0.363. The molecule has 1 aromatic rings. The molecule has 2 rings (SSSR count). The molecule has 0 aromatic carbocycles. The quantitative estimate of drug-likeness (QED) is 0.862. The first-order valence-electron chi connectivity index (χ1n) is 6.14. The number of likely N-dealkylation sites (N-methyl/N-ethyl adjacent to an activating group) is 2. The molecule has 6 heteroatoms. The Labute approximate surface area is 111 Å². The van der Waals surface area contributed by atoms with Gasteiger partial charge in [-0.15, -0.1) is 0 Å². The minimum absolute atomic E-state index is 0.0832. The maximum Gasteiger partial charge on any atom is 0.337 e. The van der Waals surface area contributed by atoms with E-state index in [0.717, 1.165) is 19.5 Å². The molecule has 2 heterocycles. The van der Waals surface area contributed by atoms with E-state index in [4.69, 9.17) is 5.11 Å². The summed E-state index contributed by atoms with van der Waals surface area (Å²) in [5, 5.41) is 8.78. The molecule has 1 atom stereocenters. The largest absolute Gasteiger partial charge is 0.478 e. The number of pyridine rings is 1. The van der Waals surface area contributed by atoms with Gasteiger partial charge in [-0.2, -0.15) is 0 Å². The van der Waals surface area contributed by atoms with E-state index in [9.17, 15) is 9.59 Å². The lowest BCUT2D eigenvalue weighted by Crippen LogP contribution is -2.38. The molecular weight excluding hydrogens is 246 g/mol. The fourth-order valence-corrected chi connectivity index (χ4v) is 2.22. The Bertz CT molecular complexity index is 486. The number of hydrogen-bond donors (Lipinski definition) is 1. The molecule has 1 saturated heterocycles. The molecule has 19 heavy (non-hydrogen) atoms. The topological polar surface area (TPSA) is 73.7 Å². The van der Waals surface area contributed by atoms with Crippen LogP contribution in [0.4, 0.5) is 0 Å². The van der Waals surface area contributed by atoms with Crippen LogP contribution in [0.1, 0.15) is 27.3 Å². The predicted octanol–water partition coefficient (Wildman–Crippen LogP) is 0.556. The third-order valence-electron chi connectivity index (χ3n) is 3.46. The Morgan fingerprint density at radius 3 is 2.68 bits per heavy atom. The third-order valence-corrected chi connectivity index (χ3v) is 3.46. The van der Waals surface area contributed by atoms with Crippen molar-refractivity contribution in [3.8, 4) is 0 Å². The monoisotopic (exact) mass is 263 g/mol. The van der Waals surface area contributed by atoms with Crippen molar-refractivity contribution in [1.29, 1.82) is 0 Å². The van der Waals surface area contributed by atoms with Gasteiger partial charge in [0, 0.05) is 25.8 Å². The summed E-state index contributed by atoms with van der Waals surface area (Å²) in [6.07, 6.45) is 2.16. The number of amides is 1. The molecule has 6 nitrogen and oxygen atoms in total. The van der Waals surface area contributed by atoms with Gasteiger partial charge in [-0.3, -0.25) is 9.78 Å². The summed E-state index contributed by atoms with van der Waals surface area (Å²) in [6, 6.07) is 3.05. The van der Waals surface area contributed by atoms with Gasteiger partial charge in [-0.25, -0.2) is 4.79 Å². The zero-order valence-corrected chi connectivity index (χ0v) is 11.0. The summed E-state index contributed by atoms with van der Waals surface area (Å²) in [5.74, 6) is -1.21. The molecule has 1 fully saturated rings. The Morgan fingerprint density at radius 1 is 1.47 bits per heavy atom. The van der Waals surface area contributed by atoms with Crippen molar-refractivity contribution >= 4 is 11.9 Å². The number of rotatable bonds is 3. The van der Waals surface area contributed by atoms with Crippen LogP contribution < -0.4 is 0 Å². The Kier molecular flexibility index (Phi) is 3.80. The highest BCUT2D eigenvalue weighted by molar-refractivity contribution is 5.93. The molecule has 0 aliphatic carbocycles. The smallest absolute Gasteiger partial charge is 0.337 e. The number of hydrogen-bond acceptors (Lipinski definition) is 4. The summed E-state index contributed by atoms with van der Waals surface area (Å²) in [7, 11) is 3.79. The van der Waals surface area contributed by atoms with Crippen LogP contribution in [-0.2, 0) is 0 Å². The lowest BCUT2D eigenvalue weighted by molar-refractivity contribution is 0.0690. The first-order valence-corrected chi connectivity index (χ1v) is 6.14. The number of carbonyl (C=O) groups is 2. The molecule has 0 saturated carbocycles. The van der Waals surface area contributed by atoms with Crippen molar-refractivity contribution in [2.45, 2.75) is 12.5 Å².